The lowest BCUT2D eigenvalue weighted by atomic mass is 9.86. The van der Waals surface area contributed by atoms with Gasteiger partial charge in [-0.05, 0) is 42.4 Å². The van der Waals surface area contributed by atoms with Crippen molar-refractivity contribution in [3.8, 4) is 0 Å². The van der Waals surface area contributed by atoms with Crippen molar-refractivity contribution >= 4 is 50.8 Å². The first-order valence-corrected chi connectivity index (χ1v) is 17.0. The average molecular weight is 667 g/mol. The SMILES string of the molecule is C[C@H]1CC2CC(=O)CC1[C@H]2S(=O)(=O)N[C@H]1CC2=C(C(N)=CC=NC(F)F)[C@H](c3ccc(F)cc3Cl)N=C(c3nccs3)N2C1. The molecule has 1 aromatic carbocycles. The number of carbonyl (C=O) groups is 1. The van der Waals surface area contributed by atoms with Crippen molar-refractivity contribution in [2.45, 2.75) is 56.5 Å². The summed E-state index contributed by atoms with van der Waals surface area (Å²) in [6.45, 7) is -0.729. The molecule has 3 fully saturated rings. The molecular formula is C29H30ClF3N6O3S2. The quantitative estimate of drug-likeness (QED) is 0.307. The third kappa shape index (κ3) is 5.84. The summed E-state index contributed by atoms with van der Waals surface area (Å²) in [5.74, 6) is -0.319. The topological polar surface area (TPSA) is 130 Å². The number of alkyl halides is 2. The van der Waals surface area contributed by atoms with Crippen molar-refractivity contribution in [3.05, 3.63) is 74.2 Å². The van der Waals surface area contributed by atoms with Crippen LogP contribution in [0.3, 0.4) is 0 Å². The van der Waals surface area contributed by atoms with Crippen LogP contribution in [0.1, 0.15) is 49.2 Å². The van der Waals surface area contributed by atoms with E-state index in [9.17, 15) is 26.4 Å². The number of amidine groups is 1. The van der Waals surface area contributed by atoms with Crippen LogP contribution in [-0.2, 0) is 14.8 Å². The van der Waals surface area contributed by atoms with Gasteiger partial charge in [0.1, 0.15) is 17.6 Å². The maximum Gasteiger partial charge on any atom is 0.331 e. The first-order valence-electron chi connectivity index (χ1n) is 14.2. The van der Waals surface area contributed by atoms with Gasteiger partial charge >= 0.3 is 6.55 Å². The summed E-state index contributed by atoms with van der Waals surface area (Å²) in [6.07, 6.45) is 5.17. The molecule has 3 N–H and O–H groups in total. The van der Waals surface area contributed by atoms with Crippen LogP contribution in [0.15, 0.2) is 62.8 Å². The average Bonchev–Trinajstić information content (AvgIpc) is 3.65. The fraction of sp³-hybridized carbons (Fsp3) is 0.448. The molecule has 2 aliphatic carbocycles. The Morgan fingerprint density at radius 1 is 1.30 bits per heavy atom. The zero-order valence-corrected chi connectivity index (χ0v) is 25.9. The van der Waals surface area contributed by atoms with Crippen LogP contribution in [0.2, 0.25) is 5.02 Å². The zero-order valence-electron chi connectivity index (χ0n) is 23.5. The first-order chi connectivity index (χ1) is 20.9. The lowest BCUT2D eigenvalue weighted by Gasteiger charge is -2.33. The smallest absolute Gasteiger partial charge is 0.331 e. The van der Waals surface area contributed by atoms with Crippen molar-refractivity contribution in [1.82, 2.24) is 14.6 Å². The van der Waals surface area contributed by atoms with Crippen LogP contribution in [0, 0.1) is 23.6 Å². The predicted molar refractivity (Wildman–Crippen MR) is 163 cm³/mol. The van der Waals surface area contributed by atoms with Gasteiger partial charge in [-0.15, -0.1) is 11.3 Å². The van der Waals surface area contributed by atoms with Crippen molar-refractivity contribution in [3.63, 3.8) is 0 Å². The Labute approximate surface area is 261 Å². The molecule has 2 unspecified atom stereocenters. The molecule has 0 radical (unpaired) electrons. The van der Waals surface area contributed by atoms with Gasteiger partial charge in [0, 0.05) is 77.2 Å². The third-order valence-electron chi connectivity index (χ3n) is 8.84. The summed E-state index contributed by atoms with van der Waals surface area (Å²) in [6, 6.07) is 2.41. The summed E-state index contributed by atoms with van der Waals surface area (Å²) in [7, 11) is -3.83. The molecule has 1 aromatic heterocycles. The maximum atomic E-state index is 14.0. The van der Waals surface area contributed by atoms with Gasteiger partial charge in [0.25, 0.3) is 0 Å². The molecule has 9 nitrogen and oxygen atoms in total. The molecular weight excluding hydrogens is 637 g/mol. The first kappa shape index (κ1) is 30.9. The number of nitrogens with one attached hydrogen (secondary N) is 1. The summed E-state index contributed by atoms with van der Waals surface area (Å²) in [5, 5.41) is 1.77. The van der Waals surface area contributed by atoms with Gasteiger partial charge in [-0.25, -0.2) is 27.5 Å². The van der Waals surface area contributed by atoms with E-state index in [1.807, 2.05) is 11.8 Å². The number of nitrogens with zero attached hydrogens (tertiary/aromatic N) is 4. The number of allylic oxidation sites excluding steroid dienone is 1. The summed E-state index contributed by atoms with van der Waals surface area (Å²) in [4.78, 5) is 26.6. The van der Waals surface area contributed by atoms with E-state index in [-0.39, 0.29) is 60.1 Å². The Hall–Kier alpha value is -3.07. The Morgan fingerprint density at radius 3 is 2.77 bits per heavy atom. The Bertz CT molecular complexity index is 1700. The molecule has 44 heavy (non-hydrogen) atoms. The molecule has 6 rings (SSSR count). The van der Waals surface area contributed by atoms with E-state index < -0.39 is 39.7 Å². The fourth-order valence-electron chi connectivity index (χ4n) is 7.17. The van der Waals surface area contributed by atoms with Crippen LogP contribution in [0.5, 0.6) is 0 Å². The summed E-state index contributed by atoms with van der Waals surface area (Å²) < 4.78 is 70.3. The van der Waals surface area contributed by atoms with Gasteiger partial charge in [0.2, 0.25) is 10.0 Å². The van der Waals surface area contributed by atoms with Crippen molar-refractivity contribution in [1.29, 1.82) is 0 Å². The minimum atomic E-state index is -3.83. The van der Waals surface area contributed by atoms with E-state index >= 15 is 0 Å². The van der Waals surface area contributed by atoms with Crippen LogP contribution >= 0.6 is 22.9 Å². The summed E-state index contributed by atoms with van der Waals surface area (Å²) in [5.41, 5.74) is 8.02. The second-order valence-corrected chi connectivity index (χ2v) is 14.8. The second kappa shape index (κ2) is 12.0. The predicted octanol–water partition coefficient (Wildman–Crippen LogP) is 4.82. The molecule has 2 saturated carbocycles. The number of aliphatic imine (C=N–C) groups is 2. The summed E-state index contributed by atoms with van der Waals surface area (Å²) >= 11 is 7.83. The van der Waals surface area contributed by atoms with Gasteiger partial charge in [-0.3, -0.25) is 9.79 Å². The Morgan fingerprint density at radius 2 is 2.09 bits per heavy atom. The van der Waals surface area contributed by atoms with Gasteiger partial charge in [-0.2, -0.15) is 8.78 Å². The van der Waals surface area contributed by atoms with E-state index in [4.69, 9.17) is 22.3 Å². The van der Waals surface area contributed by atoms with Crippen molar-refractivity contribution in [2.24, 2.45) is 33.5 Å². The largest absolute Gasteiger partial charge is 0.398 e. The highest BCUT2D eigenvalue weighted by molar-refractivity contribution is 7.90. The number of ketones is 1. The number of Topliss-reactive ketones (excluding diaryl/α,β-unsaturated/α-hetero) is 1. The number of hydrogen-bond acceptors (Lipinski definition) is 9. The van der Waals surface area contributed by atoms with Gasteiger partial charge < -0.3 is 10.6 Å². The number of sulfonamides is 1. The van der Waals surface area contributed by atoms with E-state index in [0.717, 1.165) is 12.3 Å². The van der Waals surface area contributed by atoms with E-state index in [0.29, 0.717) is 34.1 Å². The minimum absolute atomic E-state index is 0.0721. The third-order valence-corrected chi connectivity index (χ3v) is 12.0. The van der Waals surface area contributed by atoms with Crippen LogP contribution in [-0.4, -0.2) is 60.5 Å². The fourth-order valence-corrected chi connectivity index (χ4v) is 10.4. The second-order valence-electron chi connectivity index (χ2n) is 11.6. The highest BCUT2D eigenvalue weighted by atomic mass is 35.5. The highest BCUT2D eigenvalue weighted by Gasteiger charge is 2.53. The van der Waals surface area contributed by atoms with Crippen molar-refractivity contribution < 1.29 is 26.4 Å². The number of nitrogens with two attached hydrogens (primary N) is 1. The van der Waals surface area contributed by atoms with E-state index in [1.54, 1.807) is 11.6 Å². The van der Waals surface area contributed by atoms with Gasteiger partial charge in [0.05, 0.1) is 5.25 Å². The molecule has 6 atom stereocenters. The monoisotopic (exact) mass is 666 g/mol. The van der Waals surface area contributed by atoms with Crippen LogP contribution in [0.25, 0.3) is 0 Å². The minimum Gasteiger partial charge on any atom is -0.398 e. The molecule has 0 spiro atoms. The lowest BCUT2D eigenvalue weighted by molar-refractivity contribution is -0.121. The standard InChI is InChI=1S/C29H30ClF3N6O3S2/c1-14-8-15-9-18(40)12-20(14)26(15)44(41,42)38-17-11-23-24(22(34)4-5-36-29(32)33)25(19-3-2-16(31)10-21(19)30)37-27(39(23)13-17)28-35-6-7-43-28/h2-7,10,14-15,17,20,25-26,29,38H,8-9,11-13,34H2,1H3/t14-,15?,17-,20?,25-,26-/m0/s1. The molecule has 2 aliphatic heterocycles. The molecule has 3 heterocycles. The number of carbonyl (C=O) groups excluding carboxylic acids is 1. The molecule has 2 aromatic rings. The number of benzene rings is 1. The molecule has 15 heteroatoms. The molecule has 2 bridgehead atoms. The number of thiazole rings is 1. The molecule has 4 aliphatic rings. The van der Waals surface area contributed by atoms with Gasteiger partial charge in [-0.1, -0.05) is 24.6 Å². The van der Waals surface area contributed by atoms with Crippen LogP contribution < -0.4 is 10.5 Å². The highest BCUT2D eigenvalue weighted by Crippen LogP contribution is 2.48. The maximum absolute atomic E-state index is 14.0. The van der Waals surface area contributed by atoms with Crippen LogP contribution in [0.4, 0.5) is 13.2 Å². The molecule has 0 amide bonds. The number of hydrogen-bond donors (Lipinski definition) is 2. The zero-order chi connectivity index (χ0) is 31.3. The van der Waals surface area contributed by atoms with Crippen molar-refractivity contribution in [2.75, 3.05) is 6.54 Å². The lowest BCUT2D eigenvalue weighted by Crippen LogP contribution is -2.48. The normalized spacial score (nSPS) is 29.2. The number of fused-ring (bicyclic) bond motifs is 3. The van der Waals surface area contributed by atoms with E-state index in [1.165, 1.54) is 29.5 Å². The van der Waals surface area contributed by atoms with E-state index in [2.05, 4.69) is 14.7 Å². The number of aromatic nitrogens is 1. The molecule has 234 valence electrons. The van der Waals surface area contributed by atoms with Gasteiger partial charge in [0.15, 0.2) is 10.8 Å². The number of rotatable bonds is 8. The number of halogens is 4. The molecule has 1 saturated heterocycles. The Kier molecular flexibility index (Phi) is 8.46. The Balaban J connectivity index is 1.42.